The van der Waals surface area contributed by atoms with E-state index in [1.807, 2.05) is 31.2 Å². The summed E-state index contributed by atoms with van der Waals surface area (Å²) in [6.07, 6.45) is -10.2. The molecule has 40 heavy (non-hydrogen) atoms. The quantitative estimate of drug-likeness (QED) is 0.168. The fraction of sp³-hybridized carbons (Fsp3) is 0.192. The molecule has 0 atom stereocenters. The topological polar surface area (TPSA) is 59.8 Å². The van der Waals surface area contributed by atoms with Crippen LogP contribution in [0.3, 0.4) is 0 Å². The Morgan fingerprint density at radius 3 is 2.20 bits per heavy atom. The lowest BCUT2D eigenvalue weighted by atomic mass is 10.0. The highest BCUT2D eigenvalue weighted by Gasteiger charge is 2.37. The Labute approximate surface area is 238 Å². The van der Waals surface area contributed by atoms with E-state index in [2.05, 4.69) is 15.5 Å². The van der Waals surface area contributed by atoms with Gasteiger partial charge >= 0.3 is 12.4 Å². The molecule has 0 radical (unpaired) electrons. The van der Waals surface area contributed by atoms with Crippen molar-refractivity contribution in [3.8, 4) is 5.69 Å². The number of rotatable bonds is 7. The molecule has 1 N–H and O–H groups in total. The Kier molecular flexibility index (Phi) is 8.72. The van der Waals surface area contributed by atoms with Gasteiger partial charge in [0.1, 0.15) is 0 Å². The lowest BCUT2D eigenvalue weighted by Gasteiger charge is -2.15. The van der Waals surface area contributed by atoms with Crippen molar-refractivity contribution in [2.45, 2.75) is 36.7 Å². The van der Waals surface area contributed by atoms with Gasteiger partial charge in [0.2, 0.25) is 0 Å². The summed E-state index contributed by atoms with van der Waals surface area (Å²) in [7, 11) is 0. The van der Waals surface area contributed by atoms with Crippen LogP contribution in [0.25, 0.3) is 5.69 Å². The fourth-order valence-corrected chi connectivity index (χ4v) is 5.08. The molecule has 210 valence electrons. The molecule has 1 amide bonds. The molecule has 3 aromatic carbocycles. The molecular weight excluding hydrogens is 601 g/mol. The van der Waals surface area contributed by atoms with Crippen molar-refractivity contribution < 1.29 is 31.1 Å². The van der Waals surface area contributed by atoms with Crippen LogP contribution in [0.5, 0.6) is 0 Å². The lowest BCUT2D eigenvalue weighted by molar-refractivity contribution is -0.143. The number of carbonyl (C=O) groups is 1. The maximum absolute atomic E-state index is 13.2. The van der Waals surface area contributed by atoms with Gasteiger partial charge in [-0.2, -0.15) is 26.3 Å². The van der Waals surface area contributed by atoms with Crippen LogP contribution in [0, 0.1) is 6.92 Å². The summed E-state index contributed by atoms with van der Waals surface area (Å²) in [6, 6.07) is 13.0. The Morgan fingerprint density at radius 1 is 0.925 bits per heavy atom. The highest BCUT2D eigenvalue weighted by Crippen LogP contribution is 2.36. The highest BCUT2D eigenvalue weighted by molar-refractivity contribution is 7.98. The largest absolute Gasteiger partial charge is 0.416 e. The number of hydrogen-bond acceptors (Lipinski definition) is 4. The first-order chi connectivity index (χ1) is 18.7. The number of benzene rings is 3. The third kappa shape index (κ3) is 6.91. The number of nitrogens with zero attached hydrogens (tertiary/aromatic N) is 3. The van der Waals surface area contributed by atoms with E-state index < -0.39 is 41.5 Å². The molecule has 1 heterocycles. The van der Waals surface area contributed by atoms with Crippen molar-refractivity contribution in [3.05, 3.63) is 104 Å². The summed E-state index contributed by atoms with van der Waals surface area (Å²) in [5.74, 6) is -0.551. The molecule has 0 unspecified atom stereocenters. The number of carbonyl (C=O) groups excluding carboxylic acids is 1. The van der Waals surface area contributed by atoms with E-state index in [1.165, 1.54) is 16.3 Å². The van der Waals surface area contributed by atoms with Gasteiger partial charge in [0.25, 0.3) is 5.91 Å². The van der Waals surface area contributed by atoms with Crippen LogP contribution in [0.4, 0.5) is 26.3 Å². The van der Waals surface area contributed by atoms with Gasteiger partial charge in [-0.3, -0.25) is 9.36 Å². The van der Waals surface area contributed by atoms with Crippen molar-refractivity contribution >= 4 is 40.9 Å². The standard InChI is InChI=1S/C26H18Cl2F6N4OS/c1-14-4-2-3-5-15(14)13-40-24-37-36-22(38(24)21-11-19(27)6-7-20(21)28)12-35-23(39)16-8-17(25(29,30)31)10-18(9-16)26(32,33)34/h2-11H,12-13H2,1H3,(H,35,39). The van der Waals surface area contributed by atoms with Gasteiger partial charge in [-0.15, -0.1) is 10.2 Å². The summed E-state index contributed by atoms with van der Waals surface area (Å²) in [5, 5.41) is 11.6. The molecule has 5 nitrogen and oxygen atoms in total. The third-order valence-electron chi connectivity index (χ3n) is 5.72. The first-order valence-corrected chi connectivity index (χ1v) is 13.1. The summed E-state index contributed by atoms with van der Waals surface area (Å²) in [5.41, 5.74) is -1.57. The van der Waals surface area contributed by atoms with E-state index in [1.54, 1.807) is 18.2 Å². The molecule has 0 aliphatic rings. The van der Waals surface area contributed by atoms with E-state index in [-0.39, 0.29) is 16.9 Å². The van der Waals surface area contributed by atoms with Crippen molar-refractivity contribution in [2.24, 2.45) is 0 Å². The normalized spacial score (nSPS) is 12.0. The molecule has 0 aliphatic carbocycles. The second kappa shape index (κ2) is 11.7. The summed E-state index contributed by atoms with van der Waals surface area (Å²) in [6.45, 7) is 1.56. The van der Waals surface area contributed by atoms with Gasteiger partial charge in [-0.05, 0) is 54.4 Å². The van der Waals surface area contributed by atoms with E-state index in [0.717, 1.165) is 11.1 Å². The van der Waals surface area contributed by atoms with Gasteiger partial charge in [-0.1, -0.05) is 59.2 Å². The third-order valence-corrected chi connectivity index (χ3v) is 7.26. The number of aromatic nitrogens is 3. The number of nitrogens with one attached hydrogen (secondary N) is 1. The number of thioether (sulfide) groups is 1. The first-order valence-electron chi connectivity index (χ1n) is 11.4. The molecule has 0 fully saturated rings. The minimum Gasteiger partial charge on any atom is -0.345 e. The average Bonchev–Trinajstić information content (AvgIpc) is 3.29. The van der Waals surface area contributed by atoms with Crippen LogP contribution >= 0.6 is 35.0 Å². The molecule has 1 aromatic heterocycles. The average molecular weight is 619 g/mol. The molecule has 0 bridgehead atoms. The number of halogens is 8. The number of alkyl halides is 6. The zero-order valence-corrected chi connectivity index (χ0v) is 22.7. The van der Waals surface area contributed by atoms with Crippen LogP contribution in [-0.4, -0.2) is 20.7 Å². The summed E-state index contributed by atoms with van der Waals surface area (Å²) in [4.78, 5) is 12.7. The van der Waals surface area contributed by atoms with Gasteiger partial charge in [0, 0.05) is 16.3 Å². The predicted octanol–water partition coefficient (Wildman–Crippen LogP) is 8.14. The summed E-state index contributed by atoms with van der Waals surface area (Å²) >= 11 is 13.9. The van der Waals surface area contributed by atoms with E-state index in [4.69, 9.17) is 23.2 Å². The Hall–Kier alpha value is -3.22. The lowest BCUT2D eigenvalue weighted by Crippen LogP contribution is -2.26. The monoisotopic (exact) mass is 618 g/mol. The number of aryl methyl sites for hydroxylation is 1. The van der Waals surface area contributed by atoms with Gasteiger partial charge in [0.05, 0.1) is 28.4 Å². The van der Waals surface area contributed by atoms with Crippen LogP contribution < -0.4 is 5.32 Å². The maximum Gasteiger partial charge on any atom is 0.416 e. The van der Waals surface area contributed by atoms with Crippen LogP contribution in [-0.2, 0) is 24.7 Å². The zero-order valence-electron chi connectivity index (χ0n) is 20.4. The van der Waals surface area contributed by atoms with Crippen LogP contribution in [0.15, 0.2) is 65.8 Å². The molecule has 0 aliphatic heterocycles. The number of amides is 1. The molecule has 0 spiro atoms. The molecule has 4 aromatic rings. The second-order valence-corrected chi connectivity index (χ2v) is 10.3. The molecule has 14 heteroatoms. The number of hydrogen-bond donors (Lipinski definition) is 1. The first kappa shape index (κ1) is 29.8. The minimum absolute atomic E-state index is 0.0491. The molecular formula is C26H18Cl2F6N4OS. The minimum atomic E-state index is -5.09. The Bertz CT molecular complexity index is 1520. The maximum atomic E-state index is 13.2. The van der Waals surface area contributed by atoms with Crippen LogP contribution in [0.2, 0.25) is 10.0 Å². The van der Waals surface area contributed by atoms with E-state index >= 15 is 0 Å². The predicted molar refractivity (Wildman–Crippen MR) is 140 cm³/mol. The molecule has 4 rings (SSSR count). The fourth-order valence-electron chi connectivity index (χ4n) is 3.67. The van der Waals surface area contributed by atoms with Crippen molar-refractivity contribution in [1.82, 2.24) is 20.1 Å². The van der Waals surface area contributed by atoms with Crippen molar-refractivity contribution in [3.63, 3.8) is 0 Å². The Balaban J connectivity index is 1.66. The smallest absolute Gasteiger partial charge is 0.345 e. The van der Waals surface area contributed by atoms with E-state index in [0.29, 0.717) is 33.8 Å². The molecule has 0 saturated heterocycles. The van der Waals surface area contributed by atoms with Gasteiger partial charge in [0.15, 0.2) is 11.0 Å². The Morgan fingerprint density at radius 2 is 1.57 bits per heavy atom. The molecule has 0 saturated carbocycles. The van der Waals surface area contributed by atoms with Gasteiger partial charge < -0.3 is 5.32 Å². The van der Waals surface area contributed by atoms with E-state index in [9.17, 15) is 31.1 Å². The summed E-state index contributed by atoms with van der Waals surface area (Å²) < 4.78 is 80.9. The highest BCUT2D eigenvalue weighted by atomic mass is 35.5. The second-order valence-electron chi connectivity index (χ2n) is 8.52. The van der Waals surface area contributed by atoms with Crippen LogP contribution in [0.1, 0.15) is 38.4 Å². The van der Waals surface area contributed by atoms with Crippen molar-refractivity contribution in [2.75, 3.05) is 0 Å². The zero-order chi connectivity index (χ0) is 29.2. The SMILES string of the molecule is Cc1ccccc1CSc1nnc(CNC(=O)c2cc(C(F)(F)F)cc(C(F)(F)F)c2)n1-c1cc(Cl)ccc1Cl. The van der Waals surface area contributed by atoms with Gasteiger partial charge in [-0.25, -0.2) is 0 Å². The van der Waals surface area contributed by atoms with Crippen molar-refractivity contribution in [1.29, 1.82) is 0 Å².